The fraction of sp³-hybridized carbons (Fsp3) is 0.400. The first-order valence-corrected chi connectivity index (χ1v) is 9.02. The van der Waals surface area contributed by atoms with Crippen LogP contribution in [0.15, 0.2) is 37.7 Å². The number of anilines is 1. The van der Waals surface area contributed by atoms with Crippen LogP contribution in [0.1, 0.15) is 32.6 Å². The zero-order valence-corrected chi connectivity index (χ0v) is 14.7. The average molecular weight is 401 g/mol. The van der Waals surface area contributed by atoms with E-state index in [1.165, 1.54) is 42.0 Å². The van der Waals surface area contributed by atoms with Crippen molar-refractivity contribution in [3.05, 3.63) is 43.6 Å². The minimum absolute atomic E-state index is 0.729. The molecule has 0 aromatic heterocycles. The van der Waals surface area contributed by atoms with E-state index in [1.807, 2.05) is 6.07 Å². The van der Waals surface area contributed by atoms with Crippen molar-refractivity contribution in [3.63, 3.8) is 0 Å². The molecular formula is C15H15Br2NS. The summed E-state index contributed by atoms with van der Waals surface area (Å²) in [5.41, 5.74) is 2.63. The van der Waals surface area contributed by atoms with E-state index >= 15 is 0 Å². The van der Waals surface area contributed by atoms with Crippen LogP contribution in [-0.2, 0) is 0 Å². The monoisotopic (exact) mass is 399 g/mol. The maximum absolute atomic E-state index is 3.66. The summed E-state index contributed by atoms with van der Waals surface area (Å²) < 4.78 is 2.23. The number of hydrogen-bond donors (Lipinski definition) is 0. The molecular weight excluding hydrogens is 386 g/mol. The summed E-state index contributed by atoms with van der Waals surface area (Å²) in [6, 6.07) is 6.22. The molecule has 0 amide bonds. The second-order valence-corrected chi connectivity index (χ2v) is 7.44. The normalized spacial score (nSPS) is 22.9. The lowest BCUT2D eigenvalue weighted by Crippen LogP contribution is -2.19. The molecule has 0 saturated heterocycles. The van der Waals surface area contributed by atoms with Gasteiger partial charge in [0, 0.05) is 19.5 Å². The lowest BCUT2D eigenvalue weighted by Gasteiger charge is -2.28. The number of allylic oxidation sites excluding steroid dienone is 2. The molecule has 4 heteroatoms. The van der Waals surface area contributed by atoms with Crippen molar-refractivity contribution >= 4 is 49.3 Å². The van der Waals surface area contributed by atoms with Crippen LogP contribution in [0.2, 0.25) is 0 Å². The van der Waals surface area contributed by atoms with E-state index in [1.54, 1.807) is 11.8 Å². The summed E-state index contributed by atoms with van der Waals surface area (Å²) in [5, 5.41) is 0. The molecule has 1 aromatic rings. The van der Waals surface area contributed by atoms with Gasteiger partial charge < -0.3 is 4.90 Å². The molecule has 1 aliphatic heterocycles. The van der Waals surface area contributed by atoms with Crippen molar-refractivity contribution in [2.45, 2.75) is 32.6 Å². The Morgan fingerprint density at radius 1 is 1.37 bits per heavy atom. The van der Waals surface area contributed by atoms with Gasteiger partial charge in [0.1, 0.15) is 0 Å². The first-order valence-electron chi connectivity index (χ1n) is 6.62. The predicted octanol–water partition coefficient (Wildman–Crippen LogP) is 6.18. The van der Waals surface area contributed by atoms with Gasteiger partial charge in [0.15, 0.2) is 5.88 Å². The van der Waals surface area contributed by atoms with Crippen LogP contribution >= 0.6 is 43.6 Å². The molecule has 0 N–H and O–H groups in total. The maximum atomic E-state index is 3.66. The molecule has 0 fully saturated rings. The Bertz CT molecular complexity index is 507. The van der Waals surface area contributed by atoms with Crippen molar-refractivity contribution < 1.29 is 0 Å². The molecule has 1 nitrogen and oxygen atoms in total. The van der Waals surface area contributed by atoms with Crippen LogP contribution in [-0.4, -0.2) is 0 Å². The van der Waals surface area contributed by atoms with Crippen LogP contribution < -0.4 is 4.90 Å². The smallest absolute Gasteiger partial charge is 0.169 e. The predicted molar refractivity (Wildman–Crippen MR) is 89.8 cm³/mol. The van der Waals surface area contributed by atoms with Crippen molar-refractivity contribution in [3.8, 4) is 0 Å². The van der Waals surface area contributed by atoms with Gasteiger partial charge in [-0.2, -0.15) is 0 Å². The van der Waals surface area contributed by atoms with Crippen LogP contribution in [0, 0.1) is 11.8 Å². The van der Waals surface area contributed by atoms with E-state index in [2.05, 4.69) is 61.7 Å². The molecule has 19 heavy (non-hydrogen) atoms. The van der Waals surface area contributed by atoms with Crippen LogP contribution in [0.4, 0.5) is 5.69 Å². The third kappa shape index (κ3) is 2.52. The quantitative estimate of drug-likeness (QED) is 0.582. The average Bonchev–Trinajstić information content (AvgIpc) is 2.82. The zero-order valence-electron chi connectivity index (χ0n) is 10.7. The molecule has 1 atom stereocenters. The minimum Gasteiger partial charge on any atom is -0.321 e. The van der Waals surface area contributed by atoms with Gasteiger partial charge in [0.05, 0.1) is 5.69 Å². The van der Waals surface area contributed by atoms with Crippen LogP contribution in [0.3, 0.4) is 0 Å². The van der Waals surface area contributed by atoms with Gasteiger partial charge in [-0.15, -0.1) is 0 Å². The van der Waals surface area contributed by atoms with E-state index < -0.39 is 0 Å². The highest BCUT2D eigenvalue weighted by Crippen LogP contribution is 2.51. The Kier molecular flexibility index (Phi) is 4.30. The number of hydrogen-bond acceptors (Lipinski definition) is 2. The van der Waals surface area contributed by atoms with Crippen LogP contribution in [0.25, 0.3) is 0 Å². The van der Waals surface area contributed by atoms with Crippen molar-refractivity contribution in [1.82, 2.24) is 0 Å². The standard InChI is InChI=1S/C15H15Br2NS/c1-2-10-5-3-8-13-15(10)19-9-18(13)14-11(16)6-4-7-12(14)17/h4,6-7,10H,2-3,5,8H2,1H3. The summed E-state index contributed by atoms with van der Waals surface area (Å²) in [5.74, 6) is 4.21. The van der Waals surface area contributed by atoms with E-state index in [0.717, 1.165) is 14.9 Å². The van der Waals surface area contributed by atoms with E-state index in [4.69, 9.17) is 0 Å². The fourth-order valence-electron chi connectivity index (χ4n) is 2.79. The summed E-state index contributed by atoms with van der Waals surface area (Å²) in [6.45, 7) is 2.29. The first kappa shape index (κ1) is 14.0. The lowest BCUT2D eigenvalue weighted by atomic mass is 9.91. The van der Waals surface area contributed by atoms with Crippen molar-refractivity contribution in [2.24, 2.45) is 5.92 Å². The number of rotatable bonds is 2. The zero-order chi connectivity index (χ0) is 13.4. The van der Waals surface area contributed by atoms with Gasteiger partial charge in [-0.3, -0.25) is 0 Å². The Labute approximate surface area is 136 Å². The second kappa shape index (κ2) is 5.82. The van der Waals surface area contributed by atoms with Gasteiger partial charge >= 0.3 is 0 Å². The second-order valence-electron chi connectivity index (χ2n) is 4.91. The topological polar surface area (TPSA) is 3.24 Å². The van der Waals surface area contributed by atoms with Gasteiger partial charge in [-0.25, -0.2) is 0 Å². The molecule has 100 valence electrons. The molecule has 1 aromatic carbocycles. The van der Waals surface area contributed by atoms with Crippen LogP contribution in [0.5, 0.6) is 0 Å². The Morgan fingerprint density at radius 2 is 2.11 bits per heavy atom. The van der Waals surface area contributed by atoms with Crippen molar-refractivity contribution in [1.29, 1.82) is 0 Å². The Morgan fingerprint density at radius 3 is 2.79 bits per heavy atom. The molecule has 2 aliphatic rings. The molecule has 0 saturated carbocycles. The van der Waals surface area contributed by atoms with Crippen molar-refractivity contribution in [2.75, 3.05) is 4.90 Å². The molecule has 2 radical (unpaired) electrons. The number of para-hydroxylation sites is 1. The highest BCUT2D eigenvalue weighted by molar-refractivity contribution is 9.11. The highest BCUT2D eigenvalue weighted by atomic mass is 79.9. The van der Waals surface area contributed by atoms with Gasteiger partial charge in [-0.05, 0) is 75.6 Å². The summed E-state index contributed by atoms with van der Waals surface area (Å²) in [4.78, 5) is 3.78. The molecule has 0 bridgehead atoms. The van der Waals surface area contributed by atoms with Gasteiger partial charge in [-0.1, -0.05) is 24.8 Å². The number of halogens is 2. The van der Waals surface area contributed by atoms with E-state index in [0.29, 0.717) is 0 Å². The van der Waals surface area contributed by atoms with Gasteiger partial charge in [0.25, 0.3) is 0 Å². The molecule has 1 unspecified atom stereocenters. The van der Waals surface area contributed by atoms with E-state index in [9.17, 15) is 0 Å². The van der Waals surface area contributed by atoms with E-state index in [-0.39, 0.29) is 0 Å². The molecule has 1 heterocycles. The number of thioether (sulfide) groups is 1. The minimum atomic E-state index is 0.729. The number of nitrogens with zero attached hydrogens (tertiary/aromatic N) is 1. The third-order valence-electron chi connectivity index (χ3n) is 3.79. The fourth-order valence-corrected chi connectivity index (χ4v) is 5.30. The SMILES string of the molecule is CCC1CCCC2=C1S[C]N2c1c(Br)cccc1Br. The Hall–Kier alpha value is 0.0700. The van der Waals surface area contributed by atoms with Gasteiger partial charge in [0.2, 0.25) is 0 Å². The molecule has 3 rings (SSSR count). The first-order chi connectivity index (χ1) is 9.22. The molecule has 1 aliphatic carbocycles. The highest BCUT2D eigenvalue weighted by Gasteiger charge is 2.33. The summed E-state index contributed by atoms with van der Waals surface area (Å²) >= 11 is 9.12. The largest absolute Gasteiger partial charge is 0.321 e. The maximum Gasteiger partial charge on any atom is 0.169 e. The summed E-state index contributed by atoms with van der Waals surface area (Å²) in [6.07, 6.45) is 5.02. The molecule has 0 spiro atoms. The Balaban J connectivity index is 2.02. The lowest BCUT2D eigenvalue weighted by molar-refractivity contribution is 0.505. The summed E-state index contributed by atoms with van der Waals surface area (Å²) in [7, 11) is 0. The third-order valence-corrected chi connectivity index (χ3v) is 6.13. The number of benzene rings is 1.